The molecule has 0 unspecified atom stereocenters. The molecule has 0 bridgehead atoms. The molecule has 0 radical (unpaired) electrons. The maximum Gasteiger partial charge on any atom is 0.366 e. The van der Waals surface area contributed by atoms with Crippen LogP contribution in [0, 0.1) is 0 Å². The Morgan fingerprint density at radius 1 is 1.25 bits per heavy atom. The van der Waals surface area contributed by atoms with Gasteiger partial charge in [0.25, 0.3) is 5.91 Å². The lowest BCUT2D eigenvalue weighted by Crippen LogP contribution is -2.63. The Labute approximate surface area is 138 Å². The van der Waals surface area contributed by atoms with Crippen molar-refractivity contribution in [3.63, 3.8) is 0 Å². The molecule has 2 aliphatic rings. The van der Waals surface area contributed by atoms with E-state index in [2.05, 4.69) is 4.98 Å². The maximum atomic E-state index is 14.2. The van der Waals surface area contributed by atoms with Crippen LogP contribution in [0.3, 0.4) is 0 Å². The number of nitrogens with zero attached hydrogens (tertiary/aromatic N) is 3. The van der Waals surface area contributed by atoms with E-state index in [1.807, 2.05) is 0 Å². The number of pyridine rings is 1. The van der Waals surface area contributed by atoms with Crippen LogP contribution in [-0.4, -0.2) is 73.2 Å². The molecule has 2 saturated heterocycles. The molecular formula is C14H17F2N3O4S. The average molecular weight is 361 g/mol. The van der Waals surface area contributed by atoms with Gasteiger partial charge in [-0.1, -0.05) is 6.07 Å². The van der Waals surface area contributed by atoms with Crippen LogP contribution in [0.4, 0.5) is 8.78 Å². The third-order valence-electron chi connectivity index (χ3n) is 4.14. The molecule has 132 valence electrons. The van der Waals surface area contributed by atoms with Gasteiger partial charge in [-0.05, 0) is 12.1 Å². The summed E-state index contributed by atoms with van der Waals surface area (Å²) in [5.41, 5.74) is -0.644. The Balaban J connectivity index is 1.64. The minimum absolute atomic E-state index is 0.235. The first kappa shape index (κ1) is 17.2. The molecule has 3 heterocycles. The van der Waals surface area contributed by atoms with Crippen molar-refractivity contribution < 1.29 is 26.7 Å². The third-order valence-corrected chi connectivity index (χ3v) is 6.37. The summed E-state index contributed by atoms with van der Waals surface area (Å²) in [6.45, 7) is 0.647. The molecule has 0 N–H and O–H groups in total. The van der Waals surface area contributed by atoms with E-state index in [9.17, 15) is 22.0 Å². The van der Waals surface area contributed by atoms with Gasteiger partial charge in [0.15, 0.2) is 0 Å². The van der Waals surface area contributed by atoms with Crippen molar-refractivity contribution in [3.05, 3.63) is 30.1 Å². The van der Waals surface area contributed by atoms with Gasteiger partial charge in [0.05, 0.1) is 13.2 Å². The van der Waals surface area contributed by atoms with E-state index in [1.54, 1.807) is 0 Å². The fourth-order valence-corrected chi connectivity index (χ4v) is 4.48. The summed E-state index contributed by atoms with van der Waals surface area (Å²) in [7, 11) is -3.60. The number of rotatable bonds is 4. The lowest BCUT2D eigenvalue weighted by atomic mass is 10.1. The number of amides is 1. The molecule has 0 aliphatic carbocycles. The lowest BCUT2D eigenvalue weighted by molar-refractivity contribution is -0.163. The Bertz CT molecular complexity index is 702. The Kier molecular flexibility index (Phi) is 4.54. The van der Waals surface area contributed by atoms with E-state index >= 15 is 0 Å². The zero-order valence-electron chi connectivity index (χ0n) is 12.8. The minimum atomic E-state index is -3.77. The van der Waals surface area contributed by atoms with Crippen molar-refractivity contribution in [2.75, 3.05) is 39.4 Å². The second kappa shape index (κ2) is 6.34. The molecule has 7 nitrogen and oxygen atoms in total. The molecule has 0 atom stereocenters. The molecule has 24 heavy (non-hydrogen) atoms. The van der Waals surface area contributed by atoms with Crippen LogP contribution in [0.5, 0.6) is 0 Å². The van der Waals surface area contributed by atoms with Gasteiger partial charge >= 0.3 is 5.92 Å². The summed E-state index contributed by atoms with van der Waals surface area (Å²) < 4.78 is 59.5. The van der Waals surface area contributed by atoms with Gasteiger partial charge in [0.2, 0.25) is 10.0 Å². The highest BCUT2D eigenvalue weighted by Crippen LogP contribution is 2.32. The summed E-state index contributed by atoms with van der Waals surface area (Å²) in [6.07, 6.45) is 1.18. The van der Waals surface area contributed by atoms with Gasteiger partial charge < -0.3 is 9.64 Å². The van der Waals surface area contributed by atoms with Crippen LogP contribution in [0.15, 0.2) is 24.4 Å². The number of sulfonamides is 1. The fourth-order valence-electron chi connectivity index (χ4n) is 2.66. The molecule has 3 rings (SSSR count). The highest BCUT2D eigenvalue weighted by molar-refractivity contribution is 7.89. The summed E-state index contributed by atoms with van der Waals surface area (Å²) in [5.74, 6) is -5.19. The quantitative estimate of drug-likeness (QED) is 0.757. The predicted molar refractivity (Wildman–Crippen MR) is 79.8 cm³/mol. The number of hydrogen-bond acceptors (Lipinski definition) is 5. The first-order chi connectivity index (χ1) is 11.3. The standard InChI is InChI=1S/C14H17F2N3O4S/c15-14(16,12-3-1-2-4-17-12)13(20)18-9-11(10-18)24(21,22)19-5-7-23-8-6-19/h1-4,11H,5-10H2. The molecule has 2 fully saturated rings. The lowest BCUT2D eigenvalue weighted by Gasteiger charge is -2.42. The van der Waals surface area contributed by atoms with Crippen molar-refractivity contribution in [1.29, 1.82) is 0 Å². The van der Waals surface area contributed by atoms with E-state index < -0.39 is 32.8 Å². The number of morpholine rings is 1. The molecule has 0 aromatic carbocycles. The minimum Gasteiger partial charge on any atom is -0.379 e. The van der Waals surface area contributed by atoms with Gasteiger partial charge in [-0.2, -0.15) is 13.1 Å². The number of hydrogen-bond donors (Lipinski definition) is 0. The number of carbonyl (C=O) groups excluding carboxylic acids is 1. The van der Waals surface area contributed by atoms with Gasteiger partial charge in [-0.3, -0.25) is 9.78 Å². The first-order valence-electron chi connectivity index (χ1n) is 7.49. The molecule has 0 saturated carbocycles. The highest BCUT2D eigenvalue weighted by Gasteiger charge is 2.51. The summed E-state index contributed by atoms with van der Waals surface area (Å²) in [5, 5.41) is -0.848. The van der Waals surface area contributed by atoms with E-state index in [0.717, 1.165) is 11.0 Å². The Hall–Kier alpha value is -1.65. The van der Waals surface area contributed by atoms with E-state index in [0.29, 0.717) is 13.2 Å². The molecule has 1 aromatic heterocycles. The first-order valence-corrected chi connectivity index (χ1v) is 8.99. The topological polar surface area (TPSA) is 79.8 Å². The molecule has 10 heteroatoms. The molecule has 1 amide bonds. The Morgan fingerprint density at radius 2 is 1.92 bits per heavy atom. The molecule has 0 spiro atoms. The number of alkyl halides is 2. The summed E-state index contributed by atoms with van der Waals surface area (Å²) >= 11 is 0. The number of aromatic nitrogens is 1. The number of likely N-dealkylation sites (tertiary alicyclic amines) is 1. The second-order valence-corrected chi connectivity index (χ2v) is 7.89. The van der Waals surface area contributed by atoms with E-state index in [1.165, 1.54) is 22.6 Å². The van der Waals surface area contributed by atoms with Gasteiger partial charge in [-0.15, -0.1) is 0 Å². The maximum absolute atomic E-state index is 14.2. The zero-order chi connectivity index (χ0) is 17.4. The second-order valence-electron chi connectivity index (χ2n) is 5.68. The summed E-state index contributed by atoms with van der Waals surface area (Å²) in [4.78, 5) is 16.4. The zero-order valence-corrected chi connectivity index (χ0v) is 13.6. The normalized spacial score (nSPS) is 20.7. The number of carbonyl (C=O) groups is 1. The Morgan fingerprint density at radius 3 is 2.50 bits per heavy atom. The fraction of sp³-hybridized carbons (Fsp3) is 0.571. The van der Waals surface area contributed by atoms with Crippen molar-refractivity contribution in [1.82, 2.24) is 14.2 Å². The number of ether oxygens (including phenoxy) is 1. The smallest absolute Gasteiger partial charge is 0.366 e. The monoisotopic (exact) mass is 361 g/mol. The van der Waals surface area contributed by atoms with E-state index in [-0.39, 0.29) is 26.2 Å². The molecule has 1 aromatic rings. The van der Waals surface area contributed by atoms with Crippen LogP contribution in [0.25, 0.3) is 0 Å². The largest absolute Gasteiger partial charge is 0.379 e. The van der Waals surface area contributed by atoms with Crippen LogP contribution in [0.1, 0.15) is 5.69 Å². The van der Waals surface area contributed by atoms with Gasteiger partial charge in [0.1, 0.15) is 10.9 Å². The van der Waals surface area contributed by atoms with E-state index in [4.69, 9.17) is 4.74 Å². The van der Waals surface area contributed by atoms with Crippen molar-refractivity contribution in [3.8, 4) is 0 Å². The van der Waals surface area contributed by atoms with Gasteiger partial charge in [-0.25, -0.2) is 8.42 Å². The van der Waals surface area contributed by atoms with Crippen LogP contribution in [-0.2, 0) is 25.5 Å². The predicted octanol–water partition coefficient (Wildman–Crippen LogP) is 0.0462. The average Bonchev–Trinajstić information content (AvgIpc) is 2.54. The van der Waals surface area contributed by atoms with Crippen LogP contribution >= 0.6 is 0 Å². The SMILES string of the molecule is O=C(N1CC(S(=O)(=O)N2CCOCC2)C1)C(F)(F)c1ccccn1. The van der Waals surface area contributed by atoms with Crippen molar-refractivity contribution in [2.24, 2.45) is 0 Å². The van der Waals surface area contributed by atoms with Crippen molar-refractivity contribution >= 4 is 15.9 Å². The van der Waals surface area contributed by atoms with Crippen molar-refractivity contribution in [2.45, 2.75) is 11.2 Å². The van der Waals surface area contributed by atoms with Crippen LogP contribution < -0.4 is 0 Å². The highest BCUT2D eigenvalue weighted by atomic mass is 32.2. The molecular weight excluding hydrogens is 344 g/mol. The number of halogens is 2. The van der Waals surface area contributed by atoms with Gasteiger partial charge in [0, 0.05) is 32.4 Å². The molecule has 2 aliphatic heterocycles. The van der Waals surface area contributed by atoms with Crippen LogP contribution in [0.2, 0.25) is 0 Å². The third kappa shape index (κ3) is 3.01. The summed E-state index contributed by atoms with van der Waals surface area (Å²) in [6, 6.07) is 3.91.